The number of halogens is 2. The molecule has 0 aromatic carbocycles. The molecule has 58 valence electrons. The van der Waals surface area contributed by atoms with E-state index in [1.54, 1.807) is 7.05 Å². The molecule has 1 N–H and O–H groups in total. The Morgan fingerprint density at radius 2 is 2.27 bits per heavy atom. The van der Waals surface area contributed by atoms with Gasteiger partial charge in [-0.05, 0) is 6.07 Å². The number of pyridine rings is 1. The van der Waals surface area contributed by atoms with Gasteiger partial charge in [0.15, 0.2) is 6.20 Å². The van der Waals surface area contributed by atoms with E-state index < -0.39 is 0 Å². The highest BCUT2D eigenvalue weighted by atomic mass is 35.5. The van der Waals surface area contributed by atoms with E-state index in [0.717, 1.165) is 0 Å². The minimum absolute atomic E-state index is 0.0828. The topological polar surface area (TPSA) is 27.7 Å². The lowest BCUT2D eigenvalue weighted by Gasteiger charge is -1.93. The van der Waals surface area contributed by atoms with Crippen molar-refractivity contribution in [3.63, 3.8) is 0 Å². The van der Waals surface area contributed by atoms with Crippen LogP contribution in [0.15, 0.2) is 18.3 Å². The molecule has 4 heteroatoms. The molecule has 0 saturated carbocycles. The molecule has 0 fully saturated rings. The van der Waals surface area contributed by atoms with Gasteiger partial charge in [-0.15, -0.1) is 4.39 Å². The second kappa shape index (κ2) is 2.96. The second-order valence-corrected chi connectivity index (χ2v) is 2.54. The van der Waals surface area contributed by atoms with Crippen molar-refractivity contribution in [3.8, 4) is 0 Å². The number of aromatic nitrogens is 1. The van der Waals surface area contributed by atoms with Crippen LogP contribution in [0.4, 0.5) is 4.39 Å². The first-order chi connectivity index (χ1) is 5.11. The minimum Gasteiger partial charge on any atom is -0.289 e. The van der Waals surface area contributed by atoms with Gasteiger partial charge in [0.2, 0.25) is 0 Å². The molecule has 0 radical (unpaired) electrons. The van der Waals surface area contributed by atoms with Crippen LogP contribution in [0.5, 0.6) is 0 Å². The summed E-state index contributed by atoms with van der Waals surface area (Å²) in [5.41, 5.74) is 0.510. The van der Waals surface area contributed by atoms with Crippen molar-refractivity contribution in [2.24, 2.45) is 7.05 Å². The third-order valence-corrected chi connectivity index (χ3v) is 1.54. The third-order valence-electron chi connectivity index (χ3n) is 1.32. The van der Waals surface area contributed by atoms with Crippen molar-refractivity contribution < 1.29 is 8.96 Å². The SMILES string of the molecule is C[n+]1cc(C(=N)Cl)ccc1F. The van der Waals surface area contributed by atoms with Crippen LogP contribution in [-0.2, 0) is 7.05 Å². The molecule has 0 aliphatic heterocycles. The zero-order valence-corrected chi connectivity index (χ0v) is 6.69. The van der Waals surface area contributed by atoms with Crippen LogP contribution >= 0.6 is 11.6 Å². The number of hydrogen-bond acceptors (Lipinski definition) is 1. The van der Waals surface area contributed by atoms with Gasteiger partial charge in [-0.2, -0.15) is 4.57 Å². The average Bonchev–Trinajstić information content (AvgIpc) is 1.94. The molecule has 0 bridgehead atoms. The van der Waals surface area contributed by atoms with Gasteiger partial charge in [-0.3, -0.25) is 5.41 Å². The Balaban J connectivity index is 3.15. The van der Waals surface area contributed by atoms with Gasteiger partial charge in [0.25, 0.3) is 0 Å². The molecule has 0 spiro atoms. The summed E-state index contributed by atoms with van der Waals surface area (Å²) in [6, 6.07) is 2.73. The van der Waals surface area contributed by atoms with Gasteiger partial charge < -0.3 is 0 Å². The summed E-state index contributed by atoms with van der Waals surface area (Å²) in [5.74, 6) is -0.355. The van der Waals surface area contributed by atoms with Crippen molar-refractivity contribution in [1.29, 1.82) is 5.41 Å². The summed E-state index contributed by atoms with van der Waals surface area (Å²) < 4.78 is 13.9. The van der Waals surface area contributed by atoms with E-state index in [1.807, 2.05) is 0 Å². The minimum atomic E-state index is -0.355. The number of aryl methyl sites for hydroxylation is 1. The maximum absolute atomic E-state index is 12.6. The largest absolute Gasteiger partial charge is 0.359 e. The molecule has 0 aliphatic rings. The number of hydrogen-bond donors (Lipinski definition) is 1. The summed E-state index contributed by atoms with van der Waals surface area (Å²) in [4.78, 5) is 0. The number of rotatable bonds is 1. The van der Waals surface area contributed by atoms with Gasteiger partial charge in [0.05, 0.1) is 5.56 Å². The van der Waals surface area contributed by atoms with Gasteiger partial charge >= 0.3 is 5.95 Å². The summed E-state index contributed by atoms with van der Waals surface area (Å²) in [6.45, 7) is 0. The molecular weight excluding hydrogens is 167 g/mol. The standard InChI is InChI=1S/C7H7ClFN2/c1-11-4-5(7(8)10)2-3-6(11)9/h2-4,10H,1H3/q+1. The Bertz CT molecular complexity index is 298. The maximum Gasteiger partial charge on any atom is 0.359 e. The summed E-state index contributed by atoms with van der Waals surface area (Å²) in [7, 11) is 1.55. The average molecular weight is 174 g/mol. The zero-order chi connectivity index (χ0) is 8.43. The van der Waals surface area contributed by atoms with Crippen LogP contribution in [0, 0.1) is 11.4 Å². The van der Waals surface area contributed by atoms with Crippen molar-refractivity contribution in [1.82, 2.24) is 0 Å². The monoisotopic (exact) mass is 173 g/mol. The van der Waals surface area contributed by atoms with Crippen LogP contribution in [0.2, 0.25) is 0 Å². The lowest BCUT2D eigenvalue weighted by atomic mass is 10.3. The molecule has 0 amide bonds. The second-order valence-electron chi connectivity index (χ2n) is 2.17. The molecule has 1 aromatic heterocycles. The van der Waals surface area contributed by atoms with Gasteiger partial charge in [0.1, 0.15) is 12.2 Å². The highest BCUT2D eigenvalue weighted by Crippen LogP contribution is 2.00. The lowest BCUT2D eigenvalue weighted by Crippen LogP contribution is -2.33. The smallest absolute Gasteiger partial charge is 0.289 e. The Morgan fingerprint density at radius 3 is 2.73 bits per heavy atom. The summed E-state index contributed by atoms with van der Waals surface area (Å²) in [6.07, 6.45) is 1.46. The van der Waals surface area contributed by atoms with Crippen LogP contribution in [0.3, 0.4) is 0 Å². The highest BCUT2D eigenvalue weighted by Gasteiger charge is 2.07. The predicted octanol–water partition coefficient (Wildman–Crippen LogP) is 1.21. The number of nitrogens with one attached hydrogen (secondary N) is 1. The van der Waals surface area contributed by atoms with E-state index in [-0.39, 0.29) is 11.1 Å². The molecule has 1 aromatic rings. The molecule has 0 aliphatic carbocycles. The molecular formula is C7H7ClFN2+. The van der Waals surface area contributed by atoms with Crippen molar-refractivity contribution in [2.75, 3.05) is 0 Å². The van der Waals surface area contributed by atoms with E-state index >= 15 is 0 Å². The fraction of sp³-hybridized carbons (Fsp3) is 0.143. The Morgan fingerprint density at radius 1 is 1.64 bits per heavy atom. The normalized spacial score (nSPS) is 9.73. The number of nitrogens with zero attached hydrogens (tertiary/aromatic N) is 1. The van der Waals surface area contributed by atoms with Crippen LogP contribution in [-0.4, -0.2) is 5.17 Å². The van der Waals surface area contributed by atoms with Gasteiger partial charge in [0, 0.05) is 6.07 Å². The van der Waals surface area contributed by atoms with Crippen LogP contribution < -0.4 is 4.57 Å². The Kier molecular flexibility index (Phi) is 2.19. The van der Waals surface area contributed by atoms with E-state index in [1.165, 1.54) is 22.9 Å². The first-order valence-corrected chi connectivity index (χ1v) is 3.38. The first kappa shape index (κ1) is 8.14. The predicted molar refractivity (Wildman–Crippen MR) is 40.3 cm³/mol. The zero-order valence-electron chi connectivity index (χ0n) is 5.94. The quantitative estimate of drug-likeness (QED) is 0.376. The van der Waals surface area contributed by atoms with E-state index in [2.05, 4.69) is 0 Å². The molecule has 1 rings (SSSR count). The molecule has 0 unspecified atom stereocenters. The maximum atomic E-state index is 12.6. The van der Waals surface area contributed by atoms with E-state index in [9.17, 15) is 4.39 Å². The fourth-order valence-corrected chi connectivity index (χ4v) is 0.831. The fourth-order valence-electron chi connectivity index (χ4n) is 0.719. The first-order valence-electron chi connectivity index (χ1n) is 3.01. The van der Waals surface area contributed by atoms with E-state index in [4.69, 9.17) is 17.0 Å². The lowest BCUT2D eigenvalue weighted by molar-refractivity contribution is -0.700. The molecule has 2 nitrogen and oxygen atoms in total. The highest BCUT2D eigenvalue weighted by molar-refractivity contribution is 6.68. The summed E-state index contributed by atoms with van der Waals surface area (Å²) in [5, 5.41) is 6.95. The van der Waals surface area contributed by atoms with Crippen molar-refractivity contribution in [3.05, 3.63) is 29.8 Å². The van der Waals surface area contributed by atoms with Gasteiger partial charge in [-0.25, -0.2) is 0 Å². The van der Waals surface area contributed by atoms with Crippen LogP contribution in [0.1, 0.15) is 5.56 Å². The van der Waals surface area contributed by atoms with Crippen molar-refractivity contribution >= 4 is 16.8 Å². The van der Waals surface area contributed by atoms with E-state index in [0.29, 0.717) is 5.56 Å². The molecule has 0 saturated heterocycles. The van der Waals surface area contributed by atoms with Crippen LogP contribution in [0.25, 0.3) is 0 Å². The molecule has 0 atom stereocenters. The Labute approximate surface area is 68.7 Å². The third kappa shape index (κ3) is 1.74. The molecule has 11 heavy (non-hydrogen) atoms. The molecule has 1 heterocycles. The van der Waals surface area contributed by atoms with Crippen molar-refractivity contribution in [2.45, 2.75) is 0 Å². The van der Waals surface area contributed by atoms with Gasteiger partial charge in [-0.1, -0.05) is 11.6 Å². The summed E-state index contributed by atoms with van der Waals surface area (Å²) >= 11 is 5.38. The Hall–Kier alpha value is -0.960.